The predicted octanol–water partition coefficient (Wildman–Crippen LogP) is 2.43. The highest BCUT2D eigenvalue weighted by Crippen LogP contribution is 2.35. The van der Waals surface area contributed by atoms with Gasteiger partial charge in [0.25, 0.3) is 0 Å². The number of hydrogen-bond donors (Lipinski definition) is 2. The Morgan fingerprint density at radius 2 is 1.73 bits per heavy atom. The molecule has 2 aromatic carbocycles. The molecule has 0 aromatic heterocycles. The number of likely N-dealkylation sites (tertiary alicyclic amines) is 1. The zero-order chi connectivity index (χ0) is 20.5. The molecule has 3 aliphatic rings. The number of anilines is 1. The van der Waals surface area contributed by atoms with Crippen LogP contribution in [0.1, 0.15) is 18.4 Å². The van der Waals surface area contributed by atoms with Crippen molar-refractivity contribution in [3.8, 4) is 5.75 Å². The second kappa shape index (κ2) is 8.13. The molecule has 6 nitrogen and oxygen atoms in total. The van der Waals surface area contributed by atoms with Gasteiger partial charge in [0.05, 0.1) is 12.7 Å². The summed E-state index contributed by atoms with van der Waals surface area (Å²) in [5, 5.41) is 6.40. The SMILES string of the molecule is CN1CCC(Oc2ccc(C3=CN(c4ccccc4)C4C(=O)NCNC34)cc2)CC1. The van der Waals surface area contributed by atoms with E-state index in [4.69, 9.17) is 4.74 Å². The largest absolute Gasteiger partial charge is 0.490 e. The minimum atomic E-state index is -0.286. The topological polar surface area (TPSA) is 56.8 Å². The molecular formula is C24H28N4O2. The molecule has 0 bridgehead atoms. The minimum absolute atomic E-state index is 0.0420. The number of para-hydroxylation sites is 1. The van der Waals surface area contributed by atoms with Gasteiger partial charge in [-0.25, -0.2) is 0 Å². The van der Waals surface area contributed by atoms with Gasteiger partial charge in [0, 0.05) is 25.0 Å². The van der Waals surface area contributed by atoms with E-state index in [0.717, 1.165) is 48.5 Å². The van der Waals surface area contributed by atoms with Gasteiger partial charge in [0.2, 0.25) is 5.91 Å². The first-order valence-corrected chi connectivity index (χ1v) is 10.7. The fourth-order valence-corrected chi connectivity index (χ4v) is 4.60. The standard InChI is InChI=1S/C24H28N4O2/c1-27-13-11-20(12-14-27)30-19-9-7-17(8-10-19)21-15-28(18-5-3-2-4-6-18)23-22(21)25-16-26-24(23)29/h2-10,15,20,22-23,25H,11-14,16H2,1H3,(H,26,29). The molecule has 0 aliphatic carbocycles. The van der Waals surface area contributed by atoms with Crippen LogP contribution in [0.3, 0.4) is 0 Å². The monoisotopic (exact) mass is 404 g/mol. The van der Waals surface area contributed by atoms with Crippen LogP contribution < -0.4 is 20.3 Å². The number of carbonyl (C=O) groups is 1. The summed E-state index contributed by atoms with van der Waals surface area (Å²) in [5.74, 6) is 0.966. The summed E-state index contributed by atoms with van der Waals surface area (Å²) < 4.78 is 6.20. The van der Waals surface area contributed by atoms with Crippen molar-refractivity contribution in [3.63, 3.8) is 0 Å². The lowest BCUT2D eigenvalue weighted by atomic mass is 9.95. The average molecular weight is 405 g/mol. The number of nitrogens with zero attached hydrogens (tertiary/aromatic N) is 2. The molecule has 156 valence electrons. The molecule has 3 heterocycles. The lowest BCUT2D eigenvalue weighted by Crippen LogP contribution is -2.61. The maximum Gasteiger partial charge on any atom is 0.246 e. The Hall–Kier alpha value is -2.83. The highest BCUT2D eigenvalue weighted by atomic mass is 16.5. The smallest absolute Gasteiger partial charge is 0.246 e. The third-order valence-corrected chi connectivity index (χ3v) is 6.29. The van der Waals surface area contributed by atoms with Crippen molar-refractivity contribution < 1.29 is 9.53 Å². The molecule has 3 aliphatic heterocycles. The molecule has 2 atom stereocenters. The van der Waals surface area contributed by atoms with E-state index in [1.54, 1.807) is 0 Å². The Bertz CT molecular complexity index is 920. The maximum absolute atomic E-state index is 12.7. The second-order valence-electron chi connectivity index (χ2n) is 8.32. The zero-order valence-electron chi connectivity index (χ0n) is 17.3. The van der Waals surface area contributed by atoms with Gasteiger partial charge < -0.3 is 19.9 Å². The van der Waals surface area contributed by atoms with Crippen molar-refractivity contribution in [2.24, 2.45) is 0 Å². The third-order valence-electron chi connectivity index (χ3n) is 6.29. The van der Waals surface area contributed by atoms with Crippen LogP contribution in [0.25, 0.3) is 5.57 Å². The molecule has 2 aromatic rings. The first-order chi connectivity index (χ1) is 14.7. The maximum atomic E-state index is 12.7. The van der Waals surface area contributed by atoms with Crippen molar-refractivity contribution in [3.05, 3.63) is 66.4 Å². The molecule has 2 N–H and O–H groups in total. The van der Waals surface area contributed by atoms with Crippen LogP contribution in [0.15, 0.2) is 60.8 Å². The van der Waals surface area contributed by atoms with Gasteiger partial charge in [0.1, 0.15) is 17.9 Å². The number of nitrogens with one attached hydrogen (secondary N) is 2. The summed E-state index contributed by atoms with van der Waals surface area (Å²) in [5.41, 5.74) is 3.26. The summed E-state index contributed by atoms with van der Waals surface area (Å²) in [7, 11) is 2.16. The highest BCUT2D eigenvalue weighted by Gasteiger charge is 2.43. The van der Waals surface area contributed by atoms with Gasteiger partial charge >= 0.3 is 0 Å². The number of hydrogen-bond acceptors (Lipinski definition) is 5. The Morgan fingerprint density at radius 1 is 1.00 bits per heavy atom. The molecule has 0 radical (unpaired) electrons. The van der Waals surface area contributed by atoms with Gasteiger partial charge in [-0.15, -0.1) is 0 Å². The summed E-state index contributed by atoms with van der Waals surface area (Å²) >= 11 is 0. The fourth-order valence-electron chi connectivity index (χ4n) is 4.60. The predicted molar refractivity (Wildman–Crippen MR) is 118 cm³/mol. The molecular weight excluding hydrogens is 376 g/mol. The van der Waals surface area contributed by atoms with Crippen LogP contribution in [0.4, 0.5) is 5.69 Å². The number of rotatable bonds is 4. The lowest BCUT2D eigenvalue weighted by molar-refractivity contribution is -0.123. The number of piperidine rings is 1. The fraction of sp³-hybridized carbons (Fsp3) is 0.375. The van der Waals surface area contributed by atoms with Crippen molar-refractivity contribution in [2.75, 3.05) is 31.7 Å². The minimum Gasteiger partial charge on any atom is -0.490 e. The quantitative estimate of drug-likeness (QED) is 0.820. The first-order valence-electron chi connectivity index (χ1n) is 10.7. The molecule has 1 amide bonds. The van der Waals surface area contributed by atoms with E-state index in [1.807, 2.05) is 30.3 Å². The van der Waals surface area contributed by atoms with Crippen LogP contribution in [-0.2, 0) is 4.79 Å². The van der Waals surface area contributed by atoms with Crippen molar-refractivity contribution in [1.29, 1.82) is 0 Å². The molecule has 5 rings (SSSR count). The highest BCUT2D eigenvalue weighted by molar-refractivity contribution is 5.95. The van der Waals surface area contributed by atoms with Crippen LogP contribution in [0.2, 0.25) is 0 Å². The normalized spacial score (nSPS) is 24.9. The molecule has 2 saturated heterocycles. The molecule has 6 heteroatoms. The van der Waals surface area contributed by atoms with Crippen molar-refractivity contribution in [1.82, 2.24) is 15.5 Å². The number of ether oxygens (including phenoxy) is 1. The summed E-state index contributed by atoms with van der Waals surface area (Å²) in [6.45, 7) is 2.65. The van der Waals surface area contributed by atoms with Gasteiger partial charge in [-0.3, -0.25) is 10.1 Å². The molecule has 0 saturated carbocycles. The van der Waals surface area contributed by atoms with Crippen molar-refractivity contribution in [2.45, 2.75) is 31.0 Å². The van der Waals surface area contributed by atoms with Crippen LogP contribution >= 0.6 is 0 Å². The summed E-state index contributed by atoms with van der Waals surface area (Å²) in [6, 6.07) is 18.1. The zero-order valence-corrected chi connectivity index (χ0v) is 17.3. The van der Waals surface area contributed by atoms with E-state index >= 15 is 0 Å². The Morgan fingerprint density at radius 3 is 2.47 bits per heavy atom. The number of benzene rings is 2. The number of amides is 1. The molecule has 2 fully saturated rings. The van der Waals surface area contributed by atoms with Crippen LogP contribution in [-0.4, -0.2) is 55.8 Å². The van der Waals surface area contributed by atoms with Gasteiger partial charge in [-0.2, -0.15) is 0 Å². The van der Waals surface area contributed by atoms with Crippen LogP contribution in [0, 0.1) is 0 Å². The molecule has 2 unspecified atom stereocenters. The Kier molecular flexibility index (Phi) is 5.19. The van der Waals surface area contributed by atoms with Gasteiger partial charge in [-0.05, 0) is 55.3 Å². The average Bonchev–Trinajstić information content (AvgIpc) is 3.18. The van der Waals surface area contributed by atoms with E-state index in [2.05, 4.69) is 57.9 Å². The number of carbonyl (C=O) groups excluding carboxylic acids is 1. The van der Waals surface area contributed by atoms with E-state index in [1.165, 1.54) is 0 Å². The lowest BCUT2D eigenvalue weighted by Gasteiger charge is -2.33. The summed E-state index contributed by atoms with van der Waals surface area (Å²) in [4.78, 5) is 17.1. The molecule has 30 heavy (non-hydrogen) atoms. The van der Waals surface area contributed by atoms with E-state index < -0.39 is 0 Å². The Labute approximate surface area is 177 Å². The van der Waals surface area contributed by atoms with E-state index in [0.29, 0.717) is 12.8 Å². The van der Waals surface area contributed by atoms with E-state index in [-0.39, 0.29) is 18.0 Å². The molecule has 0 spiro atoms. The third kappa shape index (κ3) is 3.68. The van der Waals surface area contributed by atoms with Gasteiger partial charge in [0.15, 0.2) is 0 Å². The second-order valence-corrected chi connectivity index (χ2v) is 8.32. The van der Waals surface area contributed by atoms with Crippen molar-refractivity contribution >= 4 is 17.2 Å². The van der Waals surface area contributed by atoms with Crippen LogP contribution in [0.5, 0.6) is 5.75 Å². The Balaban J connectivity index is 1.38. The summed E-state index contributed by atoms with van der Waals surface area (Å²) in [6.07, 6.45) is 4.53. The number of fused-ring (bicyclic) bond motifs is 1. The van der Waals surface area contributed by atoms with Gasteiger partial charge in [-0.1, -0.05) is 30.3 Å². The first kappa shape index (κ1) is 19.2. The van der Waals surface area contributed by atoms with E-state index in [9.17, 15) is 4.79 Å².